The number of carbonyl (C=O) groups excluding carboxylic acids is 1. The van der Waals surface area contributed by atoms with E-state index in [2.05, 4.69) is 24.6 Å². The fourth-order valence-corrected chi connectivity index (χ4v) is 2.24. The van der Waals surface area contributed by atoms with Gasteiger partial charge in [-0.2, -0.15) is 0 Å². The van der Waals surface area contributed by atoms with Gasteiger partial charge in [-0.05, 0) is 25.7 Å². The van der Waals surface area contributed by atoms with E-state index in [1.165, 1.54) is 32.4 Å². The molecule has 0 radical (unpaired) electrons. The van der Waals surface area contributed by atoms with Crippen molar-refractivity contribution in [2.24, 2.45) is 0 Å². The van der Waals surface area contributed by atoms with Crippen LogP contribution < -0.4 is 10.6 Å². The third kappa shape index (κ3) is 4.84. The minimum absolute atomic E-state index is 0.0227. The van der Waals surface area contributed by atoms with Crippen LogP contribution in [0.25, 0.3) is 0 Å². The first kappa shape index (κ1) is 13.3. The van der Waals surface area contributed by atoms with Crippen LogP contribution in [-0.4, -0.2) is 50.3 Å². The van der Waals surface area contributed by atoms with Gasteiger partial charge in [0.15, 0.2) is 0 Å². The average Bonchev–Trinajstić information content (AvgIpc) is 2.27. The van der Waals surface area contributed by atoms with E-state index >= 15 is 0 Å². The van der Waals surface area contributed by atoms with Crippen LogP contribution in [0.1, 0.15) is 32.6 Å². The first-order valence-corrected chi connectivity index (χ1v) is 6.51. The number of nitrogens with zero attached hydrogens (tertiary/aromatic N) is 1. The fourth-order valence-electron chi connectivity index (χ4n) is 2.24. The van der Waals surface area contributed by atoms with Gasteiger partial charge in [-0.25, -0.2) is 4.79 Å². The van der Waals surface area contributed by atoms with Gasteiger partial charge in [0, 0.05) is 6.54 Å². The molecule has 1 aliphatic rings. The summed E-state index contributed by atoms with van der Waals surface area (Å²) < 4.78 is 1.12. The quantitative estimate of drug-likeness (QED) is 0.685. The minimum Gasteiger partial charge on any atom is -0.338 e. The molecule has 0 aromatic rings. The molecule has 0 aromatic heterocycles. The van der Waals surface area contributed by atoms with Crippen LogP contribution in [0.5, 0.6) is 0 Å². The van der Waals surface area contributed by atoms with E-state index in [9.17, 15) is 4.79 Å². The molecule has 4 nitrogen and oxygen atoms in total. The zero-order valence-electron chi connectivity index (χ0n) is 10.7. The van der Waals surface area contributed by atoms with Gasteiger partial charge in [0.25, 0.3) is 0 Å². The molecule has 4 heteroatoms. The lowest BCUT2D eigenvalue weighted by Crippen LogP contribution is -2.52. The lowest BCUT2D eigenvalue weighted by Gasteiger charge is -2.37. The number of quaternary nitrogens is 1. The van der Waals surface area contributed by atoms with Crippen LogP contribution in [0.4, 0.5) is 4.79 Å². The summed E-state index contributed by atoms with van der Waals surface area (Å²) in [5.41, 5.74) is 0. The molecule has 0 aliphatic carbocycles. The Bertz CT molecular complexity index is 212. The standard InChI is InChI=1S/C12H25N3O/c1-3-7-13-12(16)14-8-11-15(2)9-5-4-6-10-15/h3-11H2,1-2H3,(H-,13,14,16)/p+1. The molecular formula is C12H26N3O+. The van der Waals surface area contributed by atoms with E-state index in [0.29, 0.717) is 0 Å². The van der Waals surface area contributed by atoms with Crippen molar-refractivity contribution in [1.29, 1.82) is 0 Å². The molecule has 2 amide bonds. The summed E-state index contributed by atoms with van der Waals surface area (Å²) >= 11 is 0. The van der Waals surface area contributed by atoms with E-state index in [1.54, 1.807) is 0 Å². The molecule has 94 valence electrons. The number of hydrogen-bond donors (Lipinski definition) is 2. The van der Waals surface area contributed by atoms with E-state index in [0.717, 1.165) is 30.5 Å². The number of nitrogens with one attached hydrogen (secondary N) is 2. The first-order chi connectivity index (χ1) is 7.66. The number of urea groups is 1. The van der Waals surface area contributed by atoms with Crippen molar-refractivity contribution in [1.82, 2.24) is 10.6 Å². The number of rotatable bonds is 5. The summed E-state index contributed by atoms with van der Waals surface area (Å²) in [7, 11) is 2.30. The van der Waals surface area contributed by atoms with Gasteiger partial charge in [-0.3, -0.25) is 0 Å². The van der Waals surface area contributed by atoms with Crippen molar-refractivity contribution in [2.45, 2.75) is 32.6 Å². The lowest BCUT2D eigenvalue weighted by atomic mass is 10.1. The number of amides is 2. The van der Waals surface area contributed by atoms with Gasteiger partial charge >= 0.3 is 6.03 Å². The summed E-state index contributed by atoms with van der Waals surface area (Å²) in [5, 5.41) is 5.75. The maximum atomic E-state index is 11.3. The Morgan fingerprint density at radius 1 is 1.12 bits per heavy atom. The summed E-state index contributed by atoms with van der Waals surface area (Å²) in [6.45, 7) is 7.18. The zero-order chi connectivity index (χ0) is 11.9. The van der Waals surface area contributed by atoms with Crippen molar-refractivity contribution < 1.29 is 9.28 Å². The maximum absolute atomic E-state index is 11.3. The predicted molar refractivity (Wildman–Crippen MR) is 66.3 cm³/mol. The van der Waals surface area contributed by atoms with E-state index in [4.69, 9.17) is 0 Å². The van der Waals surface area contributed by atoms with Gasteiger partial charge in [0.2, 0.25) is 0 Å². The zero-order valence-corrected chi connectivity index (χ0v) is 10.7. The molecule has 0 atom stereocenters. The maximum Gasteiger partial charge on any atom is 0.314 e. The molecule has 0 bridgehead atoms. The summed E-state index contributed by atoms with van der Waals surface area (Å²) in [6, 6.07) is -0.0227. The molecule has 16 heavy (non-hydrogen) atoms. The van der Waals surface area contributed by atoms with Crippen molar-refractivity contribution >= 4 is 6.03 Å². The van der Waals surface area contributed by atoms with Crippen LogP contribution in [0, 0.1) is 0 Å². The molecule has 0 spiro atoms. The molecule has 0 saturated carbocycles. The van der Waals surface area contributed by atoms with Crippen LogP contribution in [0.2, 0.25) is 0 Å². The molecule has 0 aromatic carbocycles. The van der Waals surface area contributed by atoms with Gasteiger partial charge in [0.05, 0.1) is 33.2 Å². The van der Waals surface area contributed by atoms with E-state index in [-0.39, 0.29) is 6.03 Å². The number of piperidine rings is 1. The third-order valence-corrected chi connectivity index (χ3v) is 3.37. The molecule has 1 heterocycles. The molecule has 1 saturated heterocycles. The Hall–Kier alpha value is -0.770. The van der Waals surface area contributed by atoms with Gasteiger partial charge in [-0.1, -0.05) is 6.92 Å². The van der Waals surface area contributed by atoms with Gasteiger partial charge in [-0.15, -0.1) is 0 Å². The number of likely N-dealkylation sites (tertiary alicyclic amines) is 1. The first-order valence-electron chi connectivity index (χ1n) is 6.51. The minimum atomic E-state index is -0.0227. The summed E-state index contributed by atoms with van der Waals surface area (Å²) in [5.74, 6) is 0. The number of likely N-dealkylation sites (N-methyl/N-ethyl adjacent to an activating group) is 1. The monoisotopic (exact) mass is 228 g/mol. The Kier molecular flexibility index (Phi) is 5.60. The smallest absolute Gasteiger partial charge is 0.314 e. The van der Waals surface area contributed by atoms with Crippen molar-refractivity contribution in [3.63, 3.8) is 0 Å². The highest BCUT2D eigenvalue weighted by Gasteiger charge is 2.23. The van der Waals surface area contributed by atoms with Crippen LogP contribution in [0.15, 0.2) is 0 Å². The molecular weight excluding hydrogens is 202 g/mol. The predicted octanol–water partition coefficient (Wildman–Crippen LogP) is 1.33. The van der Waals surface area contributed by atoms with Gasteiger partial charge < -0.3 is 15.1 Å². The average molecular weight is 228 g/mol. The van der Waals surface area contributed by atoms with E-state index < -0.39 is 0 Å². The largest absolute Gasteiger partial charge is 0.338 e. The summed E-state index contributed by atoms with van der Waals surface area (Å²) in [6.07, 6.45) is 5.02. The highest BCUT2D eigenvalue weighted by molar-refractivity contribution is 5.73. The Balaban J connectivity index is 2.11. The molecule has 0 unspecified atom stereocenters. The second kappa shape index (κ2) is 6.74. The second-order valence-corrected chi connectivity index (χ2v) is 5.03. The number of carbonyl (C=O) groups is 1. The van der Waals surface area contributed by atoms with Crippen LogP contribution in [0.3, 0.4) is 0 Å². The molecule has 1 fully saturated rings. The normalized spacial score (nSPS) is 19.1. The van der Waals surface area contributed by atoms with Crippen LogP contribution in [-0.2, 0) is 0 Å². The van der Waals surface area contributed by atoms with Crippen molar-refractivity contribution in [2.75, 3.05) is 39.8 Å². The Labute approximate surface area is 99.0 Å². The molecule has 2 N–H and O–H groups in total. The van der Waals surface area contributed by atoms with Crippen LogP contribution >= 0.6 is 0 Å². The molecule has 1 rings (SSSR count). The third-order valence-electron chi connectivity index (χ3n) is 3.37. The van der Waals surface area contributed by atoms with Gasteiger partial charge in [0.1, 0.15) is 0 Å². The Morgan fingerprint density at radius 2 is 1.75 bits per heavy atom. The Morgan fingerprint density at radius 3 is 2.38 bits per heavy atom. The van der Waals surface area contributed by atoms with Crippen molar-refractivity contribution in [3.8, 4) is 0 Å². The van der Waals surface area contributed by atoms with E-state index in [1.807, 2.05) is 0 Å². The highest BCUT2D eigenvalue weighted by atomic mass is 16.2. The fraction of sp³-hybridized carbons (Fsp3) is 0.917. The summed E-state index contributed by atoms with van der Waals surface area (Å²) in [4.78, 5) is 11.3. The second-order valence-electron chi connectivity index (χ2n) is 5.03. The SMILES string of the molecule is CCCNC(=O)NCC[N+]1(C)CCCCC1. The molecule has 1 aliphatic heterocycles. The van der Waals surface area contributed by atoms with Crippen molar-refractivity contribution in [3.05, 3.63) is 0 Å². The highest BCUT2D eigenvalue weighted by Crippen LogP contribution is 2.14. The topological polar surface area (TPSA) is 41.1 Å². The number of hydrogen-bond acceptors (Lipinski definition) is 1. The lowest BCUT2D eigenvalue weighted by molar-refractivity contribution is -0.912.